The Kier molecular flexibility index (Phi) is 1.87. The minimum Gasteiger partial charge on any atom is -0.312 e. The van der Waals surface area contributed by atoms with Gasteiger partial charge in [0.1, 0.15) is 0 Å². The normalized spacial score (nSPS) is 27.5. The van der Waals surface area contributed by atoms with Gasteiger partial charge in [0, 0.05) is 36.5 Å². The summed E-state index contributed by atoms with van der Waals surface area (Å²) in [4.78, 5) is 4.17. The predicted octanol–water partition coefficient (Wildman–Crippen LogP) is 1.44. The highest BCUT2D eigenvalue weighted by Gasteiger charge is 2.34. The zero-order valence-electron chi connectivity index (χ0n) is 8.40. The topological polar surface area (TPSA) is 24.9 Å². The molecule has 15 heavy (non-hydrogen) atoms. The number of hydrogen-bond donors (Lipinski definition) is 1. The second-order valence-corrected chi connectivity index (χ2v) is 4.18. The number of terminal acetylenes is 1. The van der Waals surface area contributed by atoms with E-state index in [1.165, 1.54) is 11.1 Å². The van der Waals surface area contributed by atoms with Gasteiger partial charge in [-0.2, -0.15) is 0 Å². The van der Waals surface area contributed by atoms with Crippen molar-refractivity contribution in [2.24, 2.45) is 5.92 Å². The second kappa shape index (κ2) is 3.22. The van der Waals surface area contributed by atoms with E-state index in [0.717, 1.165) is 24.4 Å². The first-order chi connectivity index (χ1) is 7.36. The van der Waals surface area contributed by atoms with Gasteiger partial charge >= 0.3 is 0 Å². The summed E-state index contributed by atoms with van der Waals surface area (Å²) >= 11 is 0. The van der Waals surface area contributed by atoms with Crippen molar-refractivity contribution < 1.29 is 0 Å². The summed E-state index contributed by atoms with van der Waals surface area (Å²) in [5, 5.41) is 3.42. The Morgan fingerprint density at radius 2 is 2.40 bits per heavy atom. The van der Waals surface area contributed by atoms with Crippen molar-refractivity contribution in [3.63, 3.8) is 0 Å². The van der Waals surface area contributed by atoms with E-state index in [-0.39, 0.29) is 0 Å². The van der Waals surface area contributed by atoms with E-state index in [4.69, 9.17) is 6.42 Å². The summed E-state index contributed by atoms with van der Waals surface area (Å²) in [6.45, 7) is 1.12. The van der Waals surface area contributed by atoms with Crippen molar-refractivity contribution >= 4 is 5.57 Å². The number of nitrogens with one attached hydrogen (secondary N) is 1. The van der Waals surface area contributed by atoms with Crippen LogP contribution in [0, 0.1) is 18.3 Å². The molecule has 3 rings (SSSR count). The van der Waals surface area contributed by atoms with E-state index in [1.54, 1.807) is 6.20 Å². The van der Waals surface area contributed by atoms with Gasteiger partial charge in [0.25, 0.3) is 0 Å². The van der Waals surface area contributed by atoms with E-state index >= 15 is 0 Å². The molecule has 74 valence electrons. The van der Waals surface area contributed by atoms with Crippen LogP contribution in [0.1, 0.15) is 17.5 Å². The second-order valence-electron chi connectivity index (χ2n) is 4.18. The van der Waals surface area contributed by atoms with E-state index < -0.39 is 0 Å². The van der Waals surface area contributed by atoms with E-state index in [1.807, 2.05) is 12.3 Å². The first-order valence-corrected chi connectivity index (χ1v) is 5.23. The Hall–Kier alpha value is -1.59. The molecular formula is C13H12N2. The van der Waals surface area contributed by atoms with Gasteiger partial charge in [0.2, 0.25) is 0 Å². The maximum absolute atomic E-state index is 5.36. The molecule has 1 aromatic rings. The van der Waals surface area contributed by atoms with Crippen LogP contribution < -0.4 is 5.32 Å². The molecule has 2 heterocycles. The van der Waals surface area contributed by atoms with Crippen LogP contribution in [-0.4, -0.2) is 17.6 Å². The third kappa shape index (κ3) is 1.36. The highest BCUT2D eigenvalue weighted by molar-refractivity contribution is 5.69. The Morgan fingerprint density at radius 1 is 1.47 bits per heavy atom. The summed E-state index contributed by atoms with van der Waals surface area (Å²) in [5.74, 6) is 3.35. The van der Waals surface area contributed by atoms with Gasteiger partial charge in [-0.15, -0.1) is 6.42 Å². The molecule has 2 unspecified atom stereocenters. The first-order valence-electron chi connectivity index (χ1n) is 5.23. The fourth-order valence-electron chi connectivity index (χ4n) is 2.29. The van der Waals surface area contributed by atoms with Gasteiger partial charge < -0.3 is 5.32 Å². The summed E-state index contributed by atoms with van der Waals surface area (Å²) in [5.41, 5.74) is 3.43. The van der Waals surface area contributed by atoms with Gasteiger partial charge in [-0.3, -0.25) is 4.98 Å². The van der Waals surface area contributed by atoms with Gasteiger partial charge in [0.05, 0.1) is 0 Å². The van der Waals surface area contributed by atoms with Crippen LogP contribution in [0.4, 0.5) is 0 Å². The summed E-state index contributed by atoms with van der Waals surface area (Å²) in [6, 6.07) is 2.71. The fraction of sp³-hybridized carbons (Fsp3) is 0.308. The third-order valence-electron chi connectivity index (χ3n) is 3.26. The predicted molar refractivity (Wildman–Crippen MR) is 60.0 cm³/mol. The lowest BCUT2D eigenvalue weighted by Gasteiger charge is -2.31. The van der Waals surface area contributed by atoms with Gasteiger partial charge in [-0.05, 0) is 23.6 Å². The lowest BCUT2D eigenvalue weighted by atomic mass is 9.95. The van der Waals surface area contributed by atoms with Crippen LogP contribution in [0.25, 0.3) is 5.57 Å². The zero-order valence-corrected chi connectivity index (χ0v) is 8.40. The molecule has 1 saturated heterocycles. The molecule has 0 spiro atoms. The molecule has 1 aromatic heterocycles. The minimum atomic E-state index is 0.662. The monoisotopic (exact) mass is 196 g/mol. The Balaban J connectivity index is 1.93. The van der Waals surface area contributed by atoms with Crippen molar-refractivity contribution in [3.8, 4) is 12.3 Å². The highest BCUT2D eigenvalue weighted by atomic mass is 15.0. The molecule has 1 fully saturated rings. The van der Waals surface area contributed by atoms with Crippen LogP contribution in [0.5, 0.6) is 0 Å². The average Bonchev–Trinajstić information content (AvgIpc) is 2.55. The molecule has 2 atom stereocenters. The lowest BCUT2D eigenvalue weighted by Crippen LogP contribution is -2.49. The molecule has 0 bridgehead atoms. The number of aromatic nitrogens is 1. The zero-order chi connectivity index (χ0) is 10.3. The quantitative estimate of drug-likeness (QED) is 0.687. The number of pyridine rings is 1. The molecule has 0 amide bonds. The van der Waals surface area contributed by atoms with Crippen molar-refractivity contribution in [2.75, 3.05) is 6.54 Å². The van der Waals surface area contributed by atoms with Crippen LogP contribution in [0.15, 0.2) is 24.5 Å². The fourth-order valence-corrected chi connectivity index (χ4v) is 2.29. The molecule has 2 aliphatic rings. The highest BCUT2D eigenvalue weighted by Crippen LogP contribution is 2.35. The molecule has 2 nitrogen and oxygen atoms in total. The third-order valence-corrected chi connectivity index (χ3v) is 3.26. The lowest BCUT2D eigenvalue weighted by molar-refractivity contribution is 0.306. The first kappa shape index (κ1) is 8.70. The number of nitrogens with zero attached hydrogens (tertiary/aromatic N) is 1. The molecule has 0 radical (unpaired) electrons. The average molecular weight is 196 g/mol. The van der Waals surface area contributed by atoms with Gasteiger partial charge in [0.15, 0.2) is 0 Å². The summed E-state index contributed by atoms with van der Waals surface area (Å²) in [7, 11) is 0. The van der Waals surface area contributed by atoms with Crippen LogP contribution in [0.2, 0.25) is 0 Å². The standard InChI is InChI=1S/C13H12N2/c1-2-9-3-11(7-14-6-9)10-4-12-8-15-13(12)5-10/h1,3-4,6-7,12-13,15H,5,8H2. The van der Waals surface area contributed by atoms with Gasteiger partial charge in [-0.25, -0.2) is 0 Å². The van der Waals surface area contributed by atoms with Crippen molar-refractivity contribution in [2.45, 2.75) is 12.5 Å². The van der Waals surface area contributed by atoms with E-state index in [9.17, 15) is 0 Å². The smallest absolute Gasteiger partial charge is 0.0432 e. The van der Waals surface area contributed by atoms with E-state index in [0.29, 0.717) is 6.04 Å². The number of rotatable bonds is 1. The summed E-state index contributed by atoms with van der Waals surface area (Å²) in [6.07, 6.45) is 12.5. The molecule has 0 saturated carbocycles. The maximum atomic E-state index is 5.36. The molecule has 1 aliphatic carbocycles. The SMILES string of the molecule is C#Cc1cncc(C2=CC3CNC3C2)c1. The largest absolute Gasteiger partial charge is 0.312 e. The van der Waals surface area contributed by atoms with Crippen molar-refractivity contribution in [1.29, 1.82) is 0 Å². The Labute approximate surface area is 89.4 Å². The van der Waals surface area contributed by atoms with Crippen LogP contribution >= 0.6 is 0 Å². The number of hydrogen-bond acceptors (Lipinski definition) is 2. The maximum Gasteiger partial charge on any atom is 0.0432 e. The molecular weight excluding hydrogens is 184 g/mol. The van der Waals surface area contributed by atoms with Crippen molar-refractivity contribution in [3.05, 3.63) is 35.7 Å². The molecule has 0 aromatic carbocycles. The van der Waals surface area contributed by atoms with Crippen LogP contribution in [-0.2, 0) is 0 Å². The molecule has 1 N–H and O–H groups in total. The molecule has 1 aliphatic heterocycles. The Bertz CT molecular complexity index is 468. The Morgan fingerprint density at radius 3 is 3.00 bits per heavy atom. The molecule has 2 heteroatoms. The number of fused-ring (bicyclic) bond motifs is 1. The van der Waals surface area contributed by atoms with Crippen LogP contribution in [0.3, 0.4) is 0 Å². The van der Waals surface area contributed by atoms with Gasteiger partial charge in [-0.1, -0.05) is 12.0 Å². The minimum absolute atomic E-state index is 0.662. The summed E-state index contributed by atoms with van der Waals surface area (Å²) < 4.78 is 0. The van der Waals surface area contributed by atoms with E-state index in [2.05, 4.69) is 22.3 Å². The van der Waals surface area contributed by atoms with Crippen molar-refractivity contribution in [1.82, 2.24) is 10.3 Å².